The second kappa shape index (κ2) is 9.21. The minimum atomic E-state index is 0.650. The zero-order chi connectivity index (χ0) is 17.7. The van der Waals surface area contributed by atoms with E-state index < -0.39 is 0 Å². The number of hydrazone groups is 2. The third-order valence-electron chi connectivity index (χ3n) is 2.84. The predicted octanol–water partition coefficient (Wildman–Crippen LogP) is 5.15. The van der Waals surface area contributed by atoms with Crippen LogP contribution in [-0.2, 0) is 0 Å². The molecule has 0 aliphatic carbocycles. The van der Waals surface area contributed by atoms with Gasteiger partial charge in [-0.25, -0.2) is 0 Å². The molecule has 24 heavy (non-hydrogen) atoms. The maximum atomic E-state index is 5.43. The Hall–Kier alpha value is -0.580. The summed E-state index contributed by atoms with van der Waals surface area (Å²) in [7, 11) is 3.78. The number of rotatable bonds is 7. The van der Waals surface area contributed by atoms with Crippen LogP contribution in [0.4, 0.5) is 0 Å². The molecule has 2 rings (SSSR count). The molecule has 0 N–H and O–H groups in total. The molecule has 0 saturated carbocycles. The quantitative estimate of drug-likeness (QED) is 0.331. The summed E-state index contributed by atoms with van der Waals surface area (Å²) >= 11 is 13.3. The van der Waals surface area contributed by atoms with Crippen molar-refractivity contribution in [3.8, 4) is 0 Å². The summed E-state index contributed by atoms with van der Waals surface area (Å²) in [6.45, 7) is 1.41. The molecule has 0 fully saturated rings. The molecule has 130 valence electrons. The standard InChI is InChI=1S/C14H14Br4N4O2/c1-21(19-7-9-5-11(15)13(17)23-9)3-4-22(2)20-8-10-6-12(16)14(18)24-10/h5-8H,3-4H2,1-2H3/b19-7+,20-8+. The lowest BCUT2D eigenvalue weighted by molar-refractivity contribution is 0.272. The molecule has 0 unspecified atom stereocenters. The Morgan fingerprint density at radius 1 is 0.833 bits per heavy atom. The van der Waals surface area contributed by atoms with Crippen LogP contribution in [0.1, 0.15) is 11.5 Å². The topological polar surface area (TPSA) is 57.5 Å². The summed E-state index contributed by atoms with van der Waals surface area (Å²) < 4.78 is 13.9. The minimum Gasteiger partial charge on any atom is -0.447 e. The van der Waals surface area contributed by atoms with E-state index in [9.17, 15) is 0 Å². The Morgan fingerprint density at radius 2 is 1.21 bits per heavy atom. The predicted molar refractivity (Wildman–Crippen MR) is 109 cm³/mol. The van der Waals surface area contributed by atoms with Crippen molar-refractivity contribution in [3.05, 3.63) is 41.9 Å². The summed E-state index contributed by atoms with van der Waals surface area (Å²) in [6.07, 6.45) is 3.33. The lowest BCUT2D eigenvalue weighted by Crippen LogP contribution is -2.25. The fourth-order valence-electron chi connectivity index (χ4n) is 1.57. The van der Waals surface area contributed by atoms with E-state index in [1.54, 1.807) is 12.4 Å². The Balaban J connectivity index is 1.79. The second-order valence-corrected chi connectivity index (χ2v) is 7.94. The number of hydrogen-bond donors (Lipinski definition) is 0. The van der Waals surface area contributed by atoms with Crippen molar-refractivity contribution >= 4 is 76.1 Å². The normalized spacial score (nSPS) is 11.8. The molecule has 0 atom stereocenters. The molecule has 6 nitrogen and oxygen atoms in total. The molecule has 0 aliphatic rings. The Morgan fingerprint density at radius 3 is 1.50 bits per heavy atom. The summed E-state index contributed by atoms with van der Waals surface area (Å²) in [6, 6.07) is 3.69. The van der Waals surface area contributed by atoms with E-state index in [0.29, 0.717) is 33.9 Å². The third-order valence-corrected chi connectivity index (χ3v) is 6.26. The van der Waals surface area contributed by atoms with Crippen molar-refractivity contribution in [1.82, 2.24) is 10.0 Å². The van der Waals surface area contributed by atoms with Crippen molar-refractivity contribution in [1.29, 1.82) is 0 Å². The van der Waals surface area contributed by atoms with Crippen molar-refractivity contribution in [2.24, 2.45) is 10.2 Å². The van der Waals surface area contributed by atoms with Gasteiger partial charge in [-0.1, -0.05) is 0 Å². The molecule has 0 aliphatic heterocycles. The number of furan rings is 2. The molecule has 2 aromatic rings. The average molecular weight is 590 g/mol. The summed E-state index contributed by atoms with van der Waals surface area (Å²) in [5.41, 5.74) is 0. The first-order valence-corrected chi connectivity index (χ1v) is 9.92. The number of nitrogens with zero attached hydrogens (tertiary/aromatic N) is 4. The number of halogens is 4. The molecule has 0 bridgehead atoms. The van der Waals surface area contributed by atoms with Crippen LogP contribution in [-0.4, -0.2) is 49.6 Å². The van der Waals surface area contributed by atoms with Gasteiger partial charge >= 0.3 is 0 Å². The van der Waals surface area contributed by atoms with Crippen molar-refractivity contribution in [3.63, 3.8) is 0 Å². The SMILES string of the molecule is CN(CCN(C)/N=C/c1cc(Br)c(Br)o1)/N=C/c1cc(Br)c(Br)o1. The number of hydrogen-bond acceptors (Lipinski definition) is 6. The smallest absolute Gasteiger partial charge is 0.184 e. The Labute approximate surface area is 173 Å². The van der Waals surface area contributed by atoms with Crippen LogP contribution < -0.4 is 0 Å². The van der Waals surface area contributed by atoms with Gasteiger partial charge in [-0.05, 0) is 63.7 Å². The summed E-state index contributed by atoms with van der Waals surface area (Å²) in [5.74, 6) is 1.34. The fourth-order valence-corrected chi connectivity index (χ4v) is 2.79. The fraction of sp³-hybridized carbons (Fsp3) is 0.286. The van der Waals surface area contributed by atoms with E-state index in [0.717, 1.165) is 8.95 Å². The zero-order valence-electron chi connectivity index (χ0n) is 12.8. The Bertz CT molecular complexity index is 640. The molecular formula is C14H14Br4N4O2. The first-order valence-electron chi connectivity index (χ1n) is 6.75. The monoisotopic (exact) mass is 586 g/mol. The van der Waals surface area contributed by atoms with Gasteiger partial charge in [0.05, 0.1) is 34.5 Å². The first kappa shape index (κ1) is 19.7. The number of likely N-dealkylation sites (N-methyl/N-ethyl adjacent to an activating group) is 2. The van der Waals surface area contributed by atoms with Gasteiger partial charge < -0.3 is 8.83 Å². The van der Waals surface area contributed by atoms with Crippen LogP contribution in [0.5, 0.6) is 0 Å². The highest BCUT2D eigenvalue weighted by molar-refractivity contribution is 9.13. The molecule has 0 radical (unpaired) electrons. The summed E-state index contributed by atoms with van der Waals surface area (Å²) in [4.78, 5) is 0. The van der Waals surface area contributed by atoms with Crippen molar-refractivity contribution < 1.29 is 8.83 Å². The minimum absolute atomic E-state index is 0.650. The highest BCUT2D eigenvalue weighted by atomic mass is 79.9. The van der Waals surface area contributed by atoms with E-state index in [-0.39, 0.29) is 0 Å². The lowest BCUT2D eigenvalue weighted by atomic mass is 10.5. The molecular weight excluding hydrogens is 576 g/mol. The average Bonchev–Trinajstić information content (AvgIpc) is 3.03. The highest BCUT2D eigenvalue weighted by Gasteiger charge is 2.05. The van der Waals surface area contributed by atoms with Crippen molar-refractivity contribution in [2.75, 3.05) is 27.2 Å². The lowest BCUT2D eigenvalue weighted by Gasteiger charge is -2.17. The van der Waals surface area contributed by atoms with Crippen LogP contribution in [0.2, 0.25) is 0 Å². The van der Waals surface area contributed by atoms with Gasteiger partial charge in [0.1, 0.15) is 11.5 Å². The van der Waals surface area contributed by atoms with E-state index in [1.807, 2.05) is 36.2 Å². The van der Waals surface area contributed by atoms with E-state index in [4.69, 9.17) is 8.83 Å². The van der Waals surface area contributed by atoms with E-state index >= 15 is 0 Å². The largest absolute Gasteiger partial charge is 0.447 e. The zero-order valence-corrected chi connectivity index (χ0v) is 19.2. The van der Waals surface area contributed by atoms with Gasteiger partial charge in [-0.15, -0.1) is 0 Å². The molecule has 0 saturated heterocycles. The van der Waals surface area contributed by atoms with Crippen LogP contribution >= 0.6 is 63.7 Å². The molecule has 10 heteroatoms. The van der Waals surface area contributed by atoms with E-state index in [1.165, 1.54) is 0 Å². The van der Waals surface area contributed by atoms with Crippen LogP contribution in [0, 0.1) is 0 Å². The van der Waals surface area contributed by atoms with Crippen LogP contribution in [0.15, 0.2) is 49.5 Å². The second-order valence-electron chi connectivity index (χ2n) is 4.79. The molecule has 0 aromatic carbocycles. The molecule has 2 heterocycles. The van der Waals surface area contributed by atoms with Crippen LogP contribution in [0.25, 0.3) is 0 Å². The van der Waals surface area contributed by atoms with Crippen molar-refractivity contribution in [2.45, 2.75) is 0 Å². The van der Waals surface area contributed by atoms with Gasteiger partial charge in [0, 0.05) is 26.2 Å². The van der Waals surface area contributed by atoms with Gasteiger partial charge in [-0.3, -0.25) is 10.0 Å². The van der Waals surface area contributed by atoms with E-state index in [2.05, 4.69) is 73.9 Å². The van der Waals surface area contributed by atoms with Gasteiger partial charge in [0.15, 0.2) is 9.34 Å². The Kier molecular flexibility index (Phi) is 7.58. The molecule has 0 spiro atoms. The summed E-state index contributed by atoms with van der Waals surface area (Å²) in [5, 5.41) is 12.3. The van der Waals surface area contributed by atoms with Gasteiger partial charge in [0.2, 0.25) is 0 Å². The van der Waals surface area contributed by atoms with Gasteiger partial charge in [-0.2, -0.15) is 10.2 Å². The van der Waals surface area contributed by atoms with Crippen LogP contribution in [0.3, 0.4) is 0 Å². The first-order chi connectivity index (χ1) is 11.3. The van der Waals surface area contributed by atoms with Gasteiger partial charge in [0.25, 0.3) is 0 Å². The third kappa shape index (κ3) is 6.05. The molecule has 2 aromatic heterocycles. The maximum absolute atomic E-state index is 5.43. The highest BCUT2D eigenvalue weighted by Crippen LogP contribution is 2.26. The molecule has 0 amide bonds. The maximum Gasteiger partial charge on any atom is 0.184 e.